The van der Waals surface area contributed by atoms with Crippen molar-refractivity contribution in [3.8, 4) is 0 Å². The van der Waals surface area contributed by atoms with Crippen molar-refractivity contribution in [2.45, 2.75) is 50.4 Å². The number of hydrogen-bond acceptors (Lipinski definition) is 4. The van der Waals surface area contributed by atoms with Crippen molar-refractivity contribution in [1.29, 1.82) is 0 Å². The number of amidine groups is 1. The Morgan fingerprint density at radius 2 is 1.93 bits per heavy atom. The second-order valence-corrected chi connectivity index (χ2v) is 8.86. The van der Waals surface area contributed by atoms with Crippen molar-refractivity contribution >= 4 is 34.5 Å². The molecule has 2 aromatic rings. The lowest BCUT2D eigenvalue weighted by molar-refractivity contribution is 0.403. The van der Waals surface area contributed by atoms with Crippen molar-refractivity contribution in [2.24, 2.45) is 4.99 Å². The van der Waals surface area contributed by atoms with E-state index in [0.717, 1.165) is 41.5 Å². The second kappa shape index (κ2) is 7.54. The Kier molecular flexibility index (Phi) is 4.88. The highest BCUT2D eigenvalue weighted by molar-refractivity contribution is 6.30. The average molecular weight is 410 g/mol. The normalized spacial score (nSPS) is 23.2. The summed E-state index contributed by atoms with van der Waals surface area (Å²) in [5.74, 6) is 1.06. The Hall–Kier alpha value is -2.24. The largest absolute Gasteiger partial charge is 0.371 e. The number of fused-ring (bicyclic) bond motifs is 1. The molecule has 2 fully saturated rings. The summed E-state index contributed by atoms with van der Waals surface area (Å²) in [7, 11) is 2.15. The molecule has 1 saturated heterocycles. The highest BCUT2D eigenvalue weighted by Gasteiger charge is 2.42. The van der Waals surface area contributed by atoms with Gasteiger partial charge in [0.05, 0.1) is 35.3 Å². The van der Waals surface area contributed by atoms with Crippen molar-refractivity contribution in [2.75, 3.05) is 29.1 Å². The van der Waals surface area contributed by atoms with Crippen LogP contribution in [-0.2, 0) is 6.54 Å². The lowest BCUT2D eigenvalue weighted by Gasteiger charge is -2.45. The molecule has 5 rings (SSSR count). The number of nitrogens with zero attached hydrogens (tertiary/aromatic N) is 2. The van der Waals surface area contributed by atoms with Gasteiger partial charge in [-0.15, -0.1) is 0 Å². The summed E-state index contributed by atoms with van der Waals surface area (Å²) in [6.45, 7) is 1.66. The van der Waals surface area contributed by atoms with E-state index in [1.165, 1.54) is 30.6 Å². The van der Waals surface area contributed by atoms with Crippen LogP contribution in [0.2, 0.25) is 5.02 Å². The number of aliphatic imine (C=N–C) groups is 1. The Balaban J connectivity index is 1.51. The average Bonchev–Trinajstić information content (AvgIpc) is 3.57. The van der Waals surface area contributed by atoms with E-state index in [1.807, 2.05) is 18.2 Å². The third-order valence-electron chi connectivity index (χ3n) is 6.36. The molecule has 2 aliphatic heterocycles. The highest BCUT2D eigenvalue weighted by Crippen LogP contribution is 2.44. The lowest BCUT2D eigenvalue weighted by atomic mass is 9.79. The maximum Gasteiger partial charge on any atom is 0.127 e. The van der Waals surface area contributed by atoms with Crippen LogP contribution in [0, 0.1) is 0 Å². The molecule has 1 atom stereocenters. The molecule has 1 saturated carbocycles. The van der Waals surface area contributed by atoms with Gasteiger partial charge >= 0.3 is 0 Å². The summed E-state index contributed by atoms with van der Waals surface area (Å²) in [5.41, 5.74) is 4.55. The minimum Gasteiger partial charge on any atom is -0.371 e. The number of benzene rings is 2. The van der Waals surface area contributed by atoms with Crippen LogP contribution in [0.4, 0.5) is 17.1 Å². The summed E-state index contributed by atoms with van der Waals surface area (Å²) in [6.07, 6.45) is 6.39. The Labute approximate surface area is 177 Å². The first kappa shape index (κ1) is 18.8. The van der Waals surface area contributed by atoms with Crippen LogP contribution in [0.25, 0.3) is 0 Å². The highest BCUT2D eigenvalue weighted by atomic mass is 35.5. The van der Waals surface area contributed by atoms with Crippen LogP contribution in [0.15, 0.2) is 47.5 Å². The minimum atomic E-state index is -0.0984. The van der Waals surface area contributed by atoms with Crippen molar-refractivity contribution in [3.63, 3.8) is 0 Å². The molecule has 152 valence electrons. The van der Waals surface area contributed by atoms with Crippen LogP contribution in [0.3, 0.4) is 0 Å². The maximum absolute atomic E-state index is 6.18. The first-order chi connectivity index (χ1) is 14.1. The quantitative estimate of drug-likeness (QED) is 0.632. The van der Waals surface area contributed by atoms with Gasteiger partial charge in [0.2, 0.25) is 0 Å². The van der Waals surface area contributed by atoms with Crippen molar-refractivity contribution in [1.82, 2.24) is 5.32 Å². The van der Waals surface area contributed by atoms with E-state index < -0.39 is 0 Å². The number of rotatable bonds is 4. The molecule has 2 aromatic carbocycles. The first-order valence-electron chi connectivity index (χ1n) is 10.6. The Bertz CT molecular complexity index is 931. The molecule has 1 aliphatic carbocycles. The molecule has 0 aromatic heterocycles. The van der Waals surface area contributed by atoms with E-state index in [4.69, 9.17) is 16.6 Å². The standard InChI is InChI=1S/C23H28ClN5/c1-29(20-15-25-20)19-10-6-9-18-21(19)27-22(23(28-18)11-3-2-4-12-23)26-14-16-7-5-8-17(24)13-16/h5-10,13,20,25,28H,2-4,11-12,14-15H2,1H3,(H,26,27). The van der Waals surface area contributed by atoms with Crippen LogP contribution in [0.5, 0.6) is 0 Å². The fourth-order valence-corrected chi connectivity index (χ4v) is 4.85. The van der Waals surface area contributed by atoms with Gasteiger partial charge in [-0.2, -0.15) is 0 Å². The molecule has 1 spiro atoms. The molecular formula is C23H28ClN5. The fraction of sp³-hybridized carbons (Fsp3) is 0.435. The topological polar surface area (TPSA) is 61.6 Å². The summed E-state index contributed by atoms with van der Waals surface area (Å²) >= 11 is 6.18. The molecule has 3 aliphatic rings. The van der Waals surface area contributed by atoms with E-state index in [9.17, 15) is 0 Å². The van der Waals surface area contributed by atoms with Crippen molar-refractivity contribution in [3.05, 3.63) is 53.1 Å². The molecule has 2 heterocycles. The predicted molar refractivity (Wildman–Crippen MR) is 122 cm³/mol. The van der Waals surface area contributed by atoms with E-state index in [1.54, 1.807) is 0 Å². The van der Waals surface area contributed by atoms with Gasteiger partial charge < -0.3 is 15.5 Å². The molecular weight excluding hydrogens is 382 g/mol. The number of hydrogen-bond donors (Lipinski definition) is 3. The smallest absolute Gasteiger partial charge is 0.127 e. The minimum absolute atomic E-state index is 0.0984. The molecule has 1 unspecified atom stereocenters. The van der Waals surface area contributed by atoms with Crippen LogP contribution >= 0.6 is 11.6 Å². The predicted octanol–water partition coefficient (Wildman–Crippen LogP) is 4.84. The van der Waals surface area contributed by atoms with E-state index in [0.29, 0.717) is 12.7 Å². The molecule has 0 bridgehead atoms. The van der Waals surface area contributed by atoms with Crippen LogP contribution in [0.1, 0.15) is 37.7 Å². The molecule has 5 nitrogen and oxygen atoms in total. The van der Waals surface area contributed by atoms with Crippen molar-refractivity contribution < 1.29 is 0 Å². The third-order valence-corrected chi connectivity index (χ3v) is 6.60. The summed E-state index contributed by atoms with van der Waals surface area (Å²) < 4.78 is 0. The number of likely N-dealkylation sites (N-methyl/N-ethyl adjacent to an activating group) is 1. The third kappa shape index (κ3) is 3.69. The maximum atomic E-state index is 6.18. The second-order valence-electron chi connectivity index (χ2n) is 8.42. The molecule has 29 heavy (non-hydrogen) atoms. The number of halogens is 1. The van der Waals surface area contributed by atoms with Gasteiger partial charge in [0, 0.05) is 18.6 Å². The van der Waals surface area contributed by atoms with Gasteiger partial charge in [0.1, 0.15) is 5.84 Å². The van der Waals surface area contributed by atoms with Gasteiger partial charge in [-0.3, -0.25) is 10.3 Å². The molecule has 3 N–H and O–H groups in total. The van der Waals surface area contributed by atoms with Gasteiger partial charge in [-0.1, -0.05) is 49.1 Å². The summed E-state index contributed by atoms with van der Waals surface area (Å²) in [5, 5.41) is 11.8. The van der Waals surface area contributed by atoms with Gasteiger partial charge in [0.15, 0.2) is 0 Å². The number of nitrogens with one attached hydrogen (secondary N) is 3. The monoisotopic (exact) mass is 409 g/mol. The summed E-state index contributed by atoms with van der Waals surface area (Å²) in [6, 6.07) is 14.5. The van der Waals surface area contributed by atoms with E-state index >= 15 is 0 Å². The summed E-state index contributed by atoms with van der Waals surface area (Å²) in [4.78, 5) is 7.39. The number of para-hydroxylation sites is 1. The zero-order chi connectivity index (χ0) is 19.8. The van der Waals surface area contributed by atoms with Gasteiger partial charge in [0.25, 0.3) is 0 Å². The SMILES string of the molecule is CN(c1cccc2c1NC(=NCc1cccc(Cl)c1)C1(CCCCC1)N2)C1CN1. The molecule has 6 heteroatoms. The molecule has 0 radical (unpaired) electrons. The van der Waals surface area contributed by atoms with Crippen LogP contribution in [-0.4, -0.2) is 31.1 Å². The zero-order valence-electron chi connectivity index (χ0n) is 16.8. The van der Waals surface area contributed by atoms with Gasteiger partial charge in [-0.05, 0) is 42.7 Å². The number of anilines is 3. The Morgan fingerprint density at radius 3 is 2.69 bits per heavy atom. The molecule has 0 amide bonds. The fourth-order valence-electron chi connectivity index (χ4n) is 4.63. The van der Waals surface area contributed by atoms with E-state index in [-0.39, 0.29) is 5.54 Å². The van der Waals surface area contributed by atoms with Crippen LogP contribution < -0.4 is 20.9 Å². The van der Waals surface area contributed by atoms with Gasteiger partial charge in [-0.25, -0.2) is 0 Å². The zero-order valence-corrected chi connectivity index (χ0v) is 17.6. The Morgan fingerprint density at radius 1 is 1.14 bits per heavy atom. The lowest BCUT2D eigenvalue weighted by Crippen LogP contribution is -2.54. The van der Waals surface area contributed by atoms with E-state index in [2.05, 4.69) is 52.2 Å². The first-order valence-corrected chi connectivity index (χ1v) is 11.0.